The van der Waals surface area contributed by atoms with Crippen molar-refractivity contribution in [3.05, 3.63) is 27.7 Å². The fourth-order valence-corrected chi connectivity index (χ4v) is 4.24. The predicted molar refractivity (Wildman–Crippen MR) is 78.4 cm³/mol. The van der Waals surface area contributed by atoms with Crippen LogP contribution in [0.25, 0.3) is 0 Å². The van der Waals surface area contributed by atoms with E-state index in [-0.39, 0.29) is 17.5 Å². The molecule has 1 fully saturated rings. The first-order valence-corrected chi connectivity index (χ1v) is 8.58. The van der Waals surface area contributed by atoms with Gasteiger partial charge in [-0.2, -0.15) is 0 Å². The molecule has 1 aliphatic heterocycles. The molecule has 5 nitrogen and oxygen atoms in total. The fourth-order valence-electron chi connectivity index (χ4n) is 1.84. The summed E-state index contributed by atoms with van der Waals surface area (Å²) in [7, 11) is -3.00. The SMILES string of the molecule is O=C(Nc1ccc(Br)cc1Cl)NC1CCS(=O)(=O)C1. The van der Waals surface area contributed by atoms with E-state index in [0.29, 0.717) is 17.1 Å². The van der Waals surface area contributed by atoms with E-state index >= 15 is 0 Å². The van der Waals surface area contributed by atoms with Crippen molar-refractivity contribution in [3.8, 4) is 0 Å². The maximum atomic E-state index is 11.7. The topological polar surface area (TPSA) is 75.3 Å². The number of benzene rings is 1. The average molecular weight is 368 g/mol. The van der Waals surface area contributed by atoms with Gasteiger partial charge in [-0.25, -0.2) is 13.2 Å². The summed E-state index contributed by atoms with van der Waals surface area (Å²) in [5.74, 6) is 0.117. The van der Waals surface area contributed by atoms with Crippen LogP contribution in [0, 0.1) is 0 Å². The quantitative estimate of drug-likeness (QED) is 0.843. The smallest absolute Gasteiger partial charge is 0.319 e. The molecule has 104 valence electrons. The van der Waals surface area contributed by atoms with Gasteiger partial charge >= 0.3 is 6.03 Å². The van der Waals surface area contributed by atoms with Crippen molar-refractivity contribution < 1.29 is 13.2 Å². The van der Waals surface area contributed by atoms with Gasteiger partial charge in [-0.1, -0.05) is 27.5 Å². The second kappa shape index (κ2) is 5.68. The number of anilines is 1. The Bertz CT molecular complexity index is 606. The summed E-state index contributed by atoms with van der Waals surface area (Å²) in [5.41, 5.74) is 0.475. The molecule has 0 bridgehead atoms. The van der Waals surface area contributed by atoms with Gasteiger partial charge in [-0.3, -0.25) is 0 Å². The van der Waals surface area contributed by atoms with Gasteiger partial charge in [-0.15, -0.1) is 0 Å². The lowest BCUT2D eigenvalue weighted by molar-refractivity contribution is 0.249. The largest absolute Gasteiger partial charge is 0.334 e. The molecule has 2 N–H and O–H groups in total. The van der Waals surface area contributed by atoms with E-state index in [4.69, 9.17) is 11.6 Å². The lowest BCUT2D eigenvalue weighted by Gasteiger charge is -2.13. The molecule has 1 aliphatic rings. The third-order valence-corrected chi connectivity index (χ3v) is 5.32. The van der Waals surface area contributed by atoms with Gasteiger partial charge in [0.25, 0.3) is 0 Å². The zero-order chi connectivity index (χ0) is 14.0. The summed E-state index contributed by atoms with van der Waals surface area (Å²) in [6.45, 7) is 0. The van der Waals surface area contributed by atoms with Crippen molar-refractivity contribution in [1.82, 2.24) is 5.32 Å². The minimum Gasteiger partial charge on any atom is -0.334 e. The zero-order valence-corrected chi connectivity index (χ0v) is 13.0. The first-order chi connectivity index (χ1) is 8.85. The number of carbonyl (C=O) groups excluding carboxylic acids is 1. The molecule has 0 saturated carbocycles. The highest BCUT2D eigenvalue weighted by atomic mass is 79.9. The van der Waals surface area contributed by atoms with E-state index in [1.807, 2.05) is 0 Å². The van der Waals surface area contributed by atoms with Gasteiger partial charge in [0.1, 0.15) is 0 Å². The van der Waals surface area contributed by atoms with Gasteiger partial charge < -0.3 is 10.6 Å². The number of rotatable bonds is 2. The van der Waals surface area contributed by atoms with Crippen molar-refractivity contribution >= 4 is 49.1 Å². The van der Waals surface area contributed by atoms with Crippen LogP contribution in [0.4, 0.5) is 10.5 Å². The Morgan fingerprint density at radius 3 is 2.74 bits per heavy atom. The number of halogens is 2. The van der Waals surface area contributed by atoms with Crippen LogP contribution in [0.5, 0.6) is 0 Å². The predicted octanol–water partition coefficient (Wildman–Crippen LogP) is 2.41. The van der Waals surface area contributed by atoms with Gasteiger partial charge in [0.05, 0.1) is 22.2 Å². The molecular formula is C11H12BrClN2O3S. The molecule has 2 amide bonds. The first kappa shape index (κ1) is 14.6. The molecule has 0 spiro atoms. The molecule has 0 aliphatic carbocycles. The number of hydrogen-bond donors (Lipinski definition) is 2. The molecule has 1 atom stereocenters. The molecule has 0 aromatic heterocycles. The number of urea groups is 1. The number of nitrogens with one attached hydrogen (secondary N) is 2. The van der Waals surface area contributed by atoms with Gasteiger partial charge in [-0.05, 0) is 24.6 Å². The van der Waals surface area contributed by atoms with Crippen molar-refractivity contribution in [2.45, 2.75) is 12.5 Å². The Labute approximate surface area is 124 Å². The molecule has 1 heterocycles. The van der Waals surface area contributed by atoms with Crippen LogP contribution in [0.15, 0.2) is 22.7 Å². The molecule has 1 unspecified atom stereocenters. The minimum absolute atomic E-state index is 0.00547. The van der Waals surface area contributed by atoms with E-state index in [2.05, 4.69) is 26.6 Å². The van der Waals surface area contributed by atoms with Crippen molar-refractivity contribution in [2.75, 3.05) is 16.8 Å². The minimum atomic E-state index is -3.00. The first-order valence-electron chi connectivity index (χ1n) is 5.59. The van der Waals surface area contributed by atoms with Crippen LogP contribution in [0.1, 0.15) is 6.42 Å². The molecule has 2 rings (SSSR count). The van der Waals surface area contributed by atoms with Gasteiger partial charge in [0.2, 0.25) is 0 Å². The Morgan fingerprint density at radius 1 is 1.42 bits per heavy atom. The van der Waals surface area contributed by atoms with E-state index in [1.165, 1.54) is 0 Å². The lowest BCUT2D eigenvalue weighted by Crippen LogP contribution is -2.38. The average Bonchev–Trinajstić information content (AvgIpc) is 2.62. The van der Waals surface area contributed by atoms with Gasteiger partial charge in [0.15, 0.2) is 9.84 Å². The van der Waals surface area contributed by atoms with Crippen LogP contribution in [-0.2, 0) is 9.84 Å². The summed E-state index contributed by atoms with van der Waals surface area (Å²) in [4.78, 5) is 11.7. The monoisotopic (exact) mass is 366 g/mol. The summed E-state index contributed by atoms with van der Waals surface area (Å²) >= 11 is 9.23. The zero-order valence-electron chi connectivity index (χ0n) is 9.82. The highest BCUT2D eigenvalue weighted by Crippen LogP contribution is 2.25. The summed E-state index contributed by atoms with van der Waals surface area (Å²) in [6.07, 6.45) is 0.448. The Kier molecular flexibility index (Phi) is 4.37. The van der Waals surface area contributed by atoms with Crippen LogP contribution >= 0.6 is 27.5 Å². The maximum Gasteiger partial charge on any atom is 0.319 e. The molecule has 1 aromatic rings. The second-order valence-corrected chi connectivity index (χ2v) is 7.87. The van der Waals surface area contributed by atoms with E-state index in [9.17, 15) is 13.2 Å². The highest BCUT2D eigenvalue weighted by Gasteiger charge is 2.28. The normalized spacial score (nSPS) is 21.1. The van der Waals surface area contributed by atoms with Crippen LogP contribution in [-0.4, -0.2) is 32.0 Å². The van der Waals surface area contributed by atoms with E-state index in [1.54, 1.807) is 18.2 Å². The lowest BCUT2D eigenvalue weighted by atomic mass is 10.3. The molecular weight excluding hydrogens is 356 g/mol. The number of sulfone groups is 1. The highest BCUT2D eigenvalue weighted by molar-refractivity contribution is 9.10. The van der Waals surface area contributed by atoms with E-state index in [0.717, 1.165) is 4.47 Å². The summed E-state index contributed by atoms with van der Waals surface area (Å²) < 4.78 is 23.4. The Hall–Kier alpha value is -0.790. The number of amides is 2. The Balaban J connectivity index is 1.95. The molecule has 19 heavy (non-hydrogen) atoms. The summed E-state index contributed by atoms with van der Waals surface area (Å²) in [5, 5.41) is 5.63. The van der Waals surface area contributed by atoms with E-state index < -0.39 is 15.9 Å². The number of carbonyl (C=O) groups is 1. The Morgan fingerprint density at radius 2 is 2.16 bits per heavy atom. The molecule has 1 saturated heterocycles. The second-order valence-electron chi connectivity index (χ2n) is 4.32. The van der Waals surface area contributed by atoms with Crippen molar-refractivity contribution in [3.63, 3.8) is 0 Å². The van der Waals surface area contributed by atoms with Gasteiger partial charge in [0, 0.05) is 10.5 Å². The maximum absolute atomic E-state index is 11.7. The molecule has 0 radical (unpaired) electrons. The van der Waals surface area contributed by atoms with Crippen molar-refractivity contribution in [1.29, 1.82) is 0 Å². The van der Waals surface area contributed by atoms with Crippen LogP contribution in [0.3, 0.4) is 0 Å². The van der Waals surface area contributed by atoms with Crippen molar-refractivity contribution in [2.24, 2.45) is 0 Å². The number of hydrogen-bond acceptors (Lipinski definition) is 3. The van der Waals surface area contributed by atoms with Crippen LogP contribution in [0.2, 0.25) is 5.02 Å². The summed E-state index contributed by atoms with van der Waals surface area (Å²) in [6, 6.07) is 4.29. The standard InChI is InChI=1S/C11H12BrClN2O3S/c12-7-1-2-10(9(13)5-7)15-11(16)14-8-3-4-19(17,18)6-8/h1-2,5,8H,3-4,6H2,(H2,14,15,16). The third kappa shape index (κ3) is 4.09. The molecule has 8 heteroatoms. The molecule has 1 aromatic carbocycles. The third-order valence-electron chi connectivity index (χ3n) is 2.75. The fraction of sp³-hybridized carbons (Fsp3) is 0.364. The van der Waals surface area contributed by atoms with Crippen LogP contribution < -0.4 is 10.6 Å².